The first kappa shape index (κ1) is 18.0. The van der Waals surface area contributed by atoms with Gasteiger partial charge >= 0.3 is 0 Å². The third kappa shape index (κ3) is 3.82. The van der Waals surface area contributed by atoms with Crippen LogP contribution in [0.2, 0.25) is 0 Å². The van der Waals surface area contributed by atoms with Crippen molar-refractivity contribution in [2.45, 2.75) is 0 Å². The van der Waals surface area contributed by atoms with Gasteiger partial charge in [0.1, 0.15) is 5.75 Å². The zero-order chi connectivity index (χ0) is 19.3. The van der Waals surface area contributed by atoms with E-state index in [1.807, 2.05) is 90.5 Å². The number of hydrogen-bond acceptors (Lipinski definition) is 4. The molecule has 3 aromatic carbocycles. The summed E-state index contributed by atoms with van der Waals surface area (Å²) in [6, 6.07) is 25.6. The number of carbonyl (C=O) groups excluding carboxylic acids is 1. The third-order valence-corrected chi connectivity index (χ3v) is 5.43. The summed E-state index contributed by atoms with van der Waals surface area (Å²) in [6.45, 7) is -0.109. The van der Waals surface area contributed by atoms with E-state index in [4.69, 9.17) is 4.74 Å². The van der Waals surface area contributed by atoms with E-state index in [0.717, 1.165) is 26.1 Å². The number of ether oxygens (including phenoxy) is 1. The molecule has 0 spiro atoms. The van der Waals surface area contributed by atoms with Crippen molar-refractivity contribution in [3.05, 3.63) is 83.7 Å². The van der Waals surface area contributed by atoms with Gasteiger partial charge in [-0.05, 0) is 23.8 Å². The number of aryl methyl sites for hydroxylation is 1. The van der Waals surface area contributed by atoms with Crippen molar-refractivity contribution in [2.24, 2.45) is 12.1 Å². The molecule has 0 radical (unpaired) electrons. The summed E-state index contributed by atoms with van der Waals surface area (Å²) < 4.78 is 8.82. The lowest BCUT2D eigenvalue weighted by atomic mass is 10.1. The maximum absolute atomic E-state index is 12.2. The van der Waals surface area contributed by atoms with Crippen LogP contribution in [-0.2, 0) is 11.8 Å². The summed E-state index contributed by atoms with van der Waals surface area (Å²) in [6.07, 6.45) is 0. The molecule has 1 aromatic heterocycles. The molecule has 1 N–H and O–H groups in total. The predicted octanol–water partition coefficient (Wildman–Crippen LogP) is 3.92. The fourth-order valence-corrected chi connectivity index (χ4v) is 3.90. The van der Waals surface area contributed by atoms with Crippen LogP contribution < -0.4 is 15.0 Å². The van der Waals surface area contributed by atoms with Crippen LogP contribution in [0.25, 0.3) is 21.3 Å². The molecule has 4 aromatic rings. The van der Waals surface area contributed by atoms with E-state index in [1.165, 1.54) is 11.3 Å². The Morgan fingerprint density at radius 1 is 1.00 bits per heavy atom. The Hall–Kier alpha value is -3.38. The minimum Gasteiger partial charge on any atom is -0.483 e. The highest BCUT2D eigenvalue weighted by Crippen LogP contribution is 2.29. The Balaban J connectivity index is 1.46. The van der Waals surface area contributed by atoms with Gasteiger partial charge in [0, 0.05) is 12.6 Å². The Morgan fingerprint density at radius 3 is 2.54 bits per heavy atom. The Labute approximate surface area is 166 Å². The Bertz CT molecular complexity index is 1180. The van der Waals surface area contributed by atoms with E-state index in [0.29, 0.717) is 5.75 Å². The Morgan fingerprint density at radius 2 is 1.71 bits per heavy atom. The molecule has 140 valence electrons. The molecule has 0 atom stereocenters. The molecule has 0 bridgehead atoms. The normalized spacial score (nSPS) is 11.5. The average molecular weight is 389 g/mol. The van der Waals surface area contributed by atoms with Crippen molar-refractivity contribution in [2.75, 3.05) is 6.61 Å². The molecule has 0 aliphatic carbocycles. The van der Waals surface area contributed by atoms with Gasteiger partial charge < -0.3 is 9.30 Å². The quantitative estimate of drug-likeness (QED) is 0.526. The van der Waals surface area contributed by atoms with E-state index in [1.54, 1.807) is 0 Å². The van der Waals surface area contributed by atoms with Crippen LogP contribution in [0.4, 0.5) is 0 Å². The Kier molecular flexibility index (Phi) is 5.21. The topological polar surface area (TPSA) is 55.6 Å². The summed E-state index contributed by atoms with van der Waals surface area (Å²) in [4.78, 5) is 13.0. The van der Waals surface area contributed by atoms with Gasteiger partial charge in [0.2, 0.25) is 4.80 Å². The van der Waals surface area contributed by atoms with Crippen molar-refractivity contribution in [3.8, 4) is 16.9 Å². The van der Waals surface area contributed by atoms with E-state index in [9.17, 15) is 4.79 Å². The molecule has 28 heavy (non-hydrogen) atoms. The van der Waals surface area contributed by atoms with Crippen molar-refractivity contribution < 1.29 is 9.53 Å². The smallest absolute Gasteiger partial charge is 0.278 e. The van der Waals surface area contributed by atoms with Crippen molar-refractivity contribution in [1.29, 1.82) is 0 Å². The number of benzene rings is 3. The van der Waals surface area contributed by atoms with Crippen LogP contribution in [0.5, 0.6) is 5.75 Å². The van der Waals surface area contributed by atoms with Crippen LogP contribution in [-0.4, -0.2) is 17.1 Å². The van der Waals surface area contributed by atoms with Gasteiger partial charge in [0.25, 0.3) is 5.91 Å². The largest absolute Gasteiger partial charge is 0.483 e. The van der Waals surface area contributed by atoms with E-state index >= 15 is 0 Å². The molecule has 4 rings (SSSR count). The first-order valence-corrected chi connectivity index (χ1v) is 9.68. The predicted molar refractivity (Wildman–Crippen MR) is 112 cm³/mol. The van der Waals surface area contributed by atoms with Gasteiger partial charge in [-0.1, -0.05) is 72.0 Å². The van der Waals surface area contributed by atoms with Gasteiger partial charge in [0.05, 0.1) is 10.2 Å². The molecule has 1 heterocycles. The minimum atomic E-state index is -0.305. The monoisotopic (exact) mass is 389 g/mol. The standard InChI is InChI=1S/C22H19N3O2S/c1-25-18-12-6-8-14-20(18)28-22(25)24-23-21(26)15-27-19-13-7-5-11-17(19)16-9-3-2-4-10-16/h2-14H,15H2,1H3,(H,23,26)/b24-22+. The molecule has 5 nitrogen and oxygen atoms in total. The third-order valence-electron chi connectivity index (χ3n) is 4.32. The summed E-state index contributed by atoms with van der Waals surface area (Å²) >= 11 is 1.52. The maximum atomic E-state index is 12.2. The molecular weight excluding hydrogens is 370 g/mol. The van der Waals surface area contributed by atoms with Gasteiger partial charge in [-0.2, -0.15) is 0 Å². The number of hydrogen-bond donors (Lipinski definition) is 1. The summed E-state index contributed by atoms with van der Waals surface area (Å²) in [5.74, 6) is 0.358. The van der Waals surface area contributed by atoms with E-state index < -0.39 is 0 Å². The second-order valence-electron chi connectivity index (χ2n) is 6.21. The lowest BCUT2D eigenvalue weighted by molar-refractivity contribution is -0.123. The van der Waals surface area contributed by atoms with Crippen molar-refractivity contribution >= 4 is 27.5 Å². The summed E-state index contributed by atoms with van der Waals surface area (Å²) in [7, 11) is 1.93. The number of aromatic nitrogens is 1. The molecular formula is C22H19N3O2S. The minimum absolute atomic E-state index is 0.109. The van der Waals surface area contributed by atoms with Crippen molar-refractivity contribution in [3.63, 3.8) is 0 Å². The molecule has 0 saturated carbocycles. The first-order valence-electron chi connectivity index (χ1n) is 8.87. The number of nitrogens with one attached hydrogen (secondary N) is 1. The average Bonchev–Trinajstić information content (AvgIpc) is 3.07. The second kappa shape index (κ2) is 8.10. The van der Waals surface area contributed by atoms with Crippen LogP contribution in [0.1, 0.15) is 0 Å². The first-order chi connectivity index (χ1) is 13.7. The fraction of sp³-hybridized carbons (Fsp3) is 0.0909. The summed E-state index contributed by atoms with van der Waals surface area (Å²) in [5, 5.41) is 4.24. The van der Waals surface area contributed by atoms with Crippen LogP contribution in [0.15, 0.2) is 84.0 Å². The number of para-hydroxylation sites is 2. The number of carbonyl (C=O) groups is 1. The number of amides is 1. The lowest BCUT2D eigenvalue weighted by Crippen LogP contribution is -2.27. The van der Waals surface area contributed by atoms with Crippen LogP contribution in [0, 0.1) is 0 Å². The van der Waals surface area contributed by atoms with Gasteiger partial charge in [-0.25, -0.2) is 5.43 Å². The van der Waals surface area contributed by atoms with Crippen LogP contribution in [0.3, 0.4) is 0 Å². The molecule has 0 aliphatic rings. The second-order valence-corrected chi connectivity index (χ2v) is 7.22. The van der Waals surface area contributed by atoms with E-state index in [2.05, 4.69) is 10.5 Å². The number of rotatable bonds is 5. The highest BCUT2D eigenvalue weighted by molar-refractivity contribution is 7.16. The highest BCUT2D eigenvalue weighted by Gasteiger charge is 2.08. The van der Waals surface area contributed by atoms with E-state index in [-0.39, 0.29) is 12.5 Å². The molecule has 1 amide bonds. The zero-order valence-corrected chi connectivity index (χ0v) is 16.1. The van der Waals surface area contributed by atoms with Crippen molar-refractivity contribution in [1.82, 2.24) is 9.99 Å². The molecule has 0 unspecified atom stereocenters. The number of nitrogens with zero attached hydrogens (tertiary/aromatic N) is 2. The number of thiazole rings is 1. The fourth-order valence-electron chi connectivity index (χ4n) is 2.92. The van der Waals surface area contributed by atoms with Gasteiger partial charge in [0.15, 0.2) is 6.61 Å². The lowest BCUT2D eigenvalue weighted by Gasteiger charge is -2.10. The molecule has 0 aliphatic heterocycles. The SMILES string of the molecule is Cn1/c(=N\NC(=O)COc2ccccc2-c2ccccc2)sc2ccccc21. The molecule has 0 fully saturated rings. The summed E-state index contributed by atoms with van der Waals surface area (Å²) in [5.41, 5.74) is 5.65. The molecule has 6 heteroatoms. The maximum Gasteiger partial charge on any atom is 0.278 e. The van der Waals surface area contributed by atoms with Crippen LogP contribution >= 0.6 is 11.3 Å². The zero-order valence-electron chi connectivity index (χ0n) is 15.3. The van der Waals surface area contributed by atoms with Gasteiger partial charge in [-0.15, -0.1) is 5.10 Å². The van der Waals surface area contributed by atoms with Gasteiger partial charge in [-0.3, -0.25) is 4.79 Å². The number of fused-ring (bicyclic) bond motifs is 1. The molecule has 0 saturated heterocycles. The highest BCUT2D eigenvalue weighted by atomic mass is 32.1.